The van der Waals surface area contributed by atoms with Crippen molar-refractivity contribution in [2.24, 2.45) is 0 Å². The van der Waals surface area contributed by atoms with Crippen molar-refractivity contribution in [1.82, 2.24) is 15.4 Å². The third-order valence-corrected chi connectivity index (χ3v) is 8.91. The number of benzene rings is 3. The standard InChI is InChI=1S/C32H38N4O9S/c1-4-24(16-11-17-27(31(38)44-2)35-46(42,43)26-20-18-25(19-21-26)36(40)41)33-30(37)29(34-32(39)45-3)28(22-12-7-5-8-13-22)23-14-9-6-10-15-23/h5-10,12-15,18-21,24,27-29,35H,4,11,16-17H2,1-3H3,(H,33,37)(H,34,39)/t24-,27-,29-/m0/s1. The molecule has 0 bridgehead atoms. The summed E-state index contributed by atoms with van der Waals surface area (Å²) >= 11 is 0. The zero-order valence-corrected chi connectivity index (χ0v) is 26.6. The van der Waals surface area contributed by atoms with Crippen molar-refractivity contribution in [3.8, 4) is 0 Å². The van der Waals surface area contributed by atoms with Crippen LogP contribution in [0.2, 0.25) is 0 Å². The first-order chi connectivity index (χ1) is 22.0. The molecule has 3 aromatic rings. The van der Waals surface area contributed by atoms with Crippen molar-refractivity contribution < 1.29 is 37.2 Å². The van der Waals surface area contributed by atoms with Gasteiger partial charge in [0.2, 0.25) is 15.9 Å². The molecule has 0 radical (unpaired) electrons. The van der Waals surface area contributed by atoms with E-state index in [2.05, 4.69) is 15.4 Å². The summed E-state index contributed by atoms with van der Waals surface area (Å²) in [4.78, 5) is 48.7. The van der Waals surface area contributed by atoms with Gasteiger partial charge in [-0.25, -0.2) is 13.2 Å². The number of nitro benzene ring substituents is 1. The molecule has 0 spiro atoms. The summed E-state index contributed by atoms with van der Waals surface area (Å²) in [6.45, 7) is 1.87. The molecule has 0 aliphatic carbocycles. The van der Waals surface area contributed by atoms with Crippen molar-refractivity contribution in [1.29, 1.82) is 0 Å². The number of methoxy groups -OCH3 is 2. The topological polar surface area (TPSA) is 183 Å². The minimum atomic E-state index is -4.22. The lowest BCUT2D eigenvalue weighted by atomic mass is 9.84. The zero-order chi connectivity index (χ0) is 33.7. The highest BCUT2D eigenvalue weighted by Gasteiger charge is 2.34. The molecule has 0 aliphatic rings. The Hall–Kier alpha value is -4.82. The molecule has 0 aromatic heterocycles. The predicted octanol–water partition coefficient (Wildman–Crippen LogP) is 4.04. The second-order valence-electron chi connectivity index (χ2n) is 10.4. The first-order valence-corrected chi connectivity index (χ1v) is 16.1. The Morgan fingerprint density at radius 1 is 0.826 bits per heavy atom. The highest BCUT2D eigenvalue weighted by molar-refractivity contribution is 7.89. The Balaban J connectivity index is 1.75. The maximum atomic E-state index is 13.8. The second kappa shape index (κ2) is 17.0. The van der Waals surface area contributed by atoms with Crippen molar-refractivity contribution in [3.05, 3.63) is 106 Å². The van der Waals surface area contributed by atoms with E-state index in [4.69, 9.17) is 9.47 Å². The molecule has 3 rings (SSSR count). The quantitative estimate of drug-likeness (QED) is 0.117. The number of amides is 2. The van der Waals surface area contributed by atoms with Crippen LogP contribution in [0.3, 0.4) is 0 Å². The largest absolute Gasteiger partial charge is 0.468 e. The van der Waals surface area contributed by atoms with Crippen LogP contribution in [0.1, 0.15) is 49.7 Å². The number of rotatable bonds is 16. The van der Waals surface area contributed by atoms with Gasteiger partial charge in [0.25, 0.3) is 5.69 Å². The van der Waals surface area contributed by atoms with E-state index < -0.39 is 50.9 Å². The number of hydrogen-bond donors (Lipinski definition) is 3. The van der Waals surface area contributed by atoms with Crippen molar-refractivity contribution in [3.63, 3.8) is 0 Å². The van der Waals surface area contributed by atoms with Crippen LogP contribution in [0.15, 0.2) is 89.8 Å². The summed E-state index contributed by atoms with van der Waals surface area (Å²) in [6, 6.07) is 20.2. The maximum absolute atomic E-state index is 13.8. The summed E-state index contributed by atoms with van der Waals surface area (Å²) in [7, 11) is -1.87. The number of esters is 1. The molecule has 0 saturated heterocycles. The number of nitrogens with zero attached hydrogens (tertiary/aromatic N) is 1. The number of carbonyl (C=O) groups excluding carboxylic acids is 3. The number of ether oxygens (including phenoxy) is 2. The molecule has 13 nitrogen and oxygen atoms in total. The average molecular weight is 655 g/mol. The summed E-state index contributed by atoms with van der Waals surface area (Å²) in [5.74, 6) is -1.80. The highest BCUT2D eigenvalue weighted by atomic mass is 32.2. The Labute approximate surface area is 267 Å². The smallest absolute Gasteiger partial charge is 0.407 e. The Morgan fingerprint density at radius 2 is 1.39 bits per heavy atom. The minimum absolute atomic E-state index is 0.0474. The van der Waals surface area contributed by atoms with E-state index in [0.717, 1.165) is 42.5 Å². The molecule has 2 amide bonds. The molecule has 0 fully saturated rings. The minimum Gasteiger partial charge on any atom is -0.468 e. The fourth-order valence-corrected chi connectivity index (χ4v) is 6.21. The number of nitro groups is 1. The lowest BCUT2D eigenvalue weighted by Gasteiger charge is -2.29. The first-order valence-electron chi connectivity index (χ1n) is 14.6. The van der Waals surface area contributed by atoms with Gasteiger partial charge in [0.1, 0.15) is 12.1 Å². The predicted molar refractivity (Wildman–Crippen MR) is 169 cm³/mol. The third kappa shape index (κ3) is 9.84. The van der Waals surface area contributed by atoms with E-state index >= 15 is 0 Å². The van der Waals surface area contributed by atoms with Crippen LogP contribution in [0.5, 0.6) is 0 Å². The molecular formula is C32H38N4O9S. The molecule has 3 atom stereocenters. The number of carbonyl (C=O) groups is 3. The number of sulfonamides is 1. The number of non-ortho nitro benzene ring substituents is 1. The van der Waals surface area contributed by atoms with Crippen LogP contribution in [0.25, 0.3) is 0 Å². The molecule has 0 heterocycles. The molecule has 46 heavy (non-hydrogen) atoms. The summed E-state index contributed by atoms with van der Waals surface area (Å²) in [6.07, 6.45) is 0.478. The zero-order valence-electron chi connectivity index (χ0n) is 25.8. The monoisotopic (exact) mass is 654 g/mol. The van der Waals surface area contributed by atoms with Gasteiger partial charge in [-0.05, 0) is 48.9 Å². The van der Waals surface area contributed by atoms with E-state index in [9.17, 15) is 32.9 Å². The van der Waals surface area contributed by atoms with Gasteiger partial charge in [0.05, 0.1) is 24.0 Å². The molecular weight excluding hydrogens is 616 g/mol. The van der Waals surface area contributed by atoms with Crippen LogP contribution < -0.4 is 15.4 Å². The maximum Gasteiger partial charge on any atom is 0.407 e. The summed E-state index contributed by atoms with van der Waals surface area (Å²) in [5.41, 5.74) is 1.33. The molecule has 0 saturated carbocycles. The molecule has 0 aliphatic heterocycles. The van der Waals surface area contributed by atoms with E-state index in [1.54, 1.807) is 0 Å². The molecule has 3 aromatic carbocycles. The molecule has 14 heteroatoms. The van der Waals surface area contributed by atoms with Gasteiger partial charge in [-0.1, -0.05) is 67.6 Å². The van der Waals surface area contributed by atoms with E-state index in [1.807, 2.05) is 67.6 Å². The number of alkyl carbamates (subject to hydrolysis) is 1. The number of nitrogens with one attached hydrogen (secondary N) is 3. The first kappa shape index (κ1) is 35.7. The van der Waals surface area contributed by atoms with Crippen LogP contribution in [-0.2, 0) is 29.1 Å². The normalized spacial score (nSPS) is 13.2. The lowest BCUT2D eigenvalue weighted by molar-refractivity contribution is -0.384. The van der Waals surface area contributed by atoms with Crippen LogP contribution >= 0.6 is 0 Å². The van der Waals surface area contributed by atoms with Gasteiger partial charge in [-0.15, -0.1) is 0 Å². The fourth-order valence-electron chi connectivity index (χ4n) is 4.99. The molecule has 0 unspecified atom stereocenters. The Kier molecular flexibility index (Phi) is 13.2. The summed E-state index contributed by atoms with van der Waals surface area (Å²) in [5, 5.41) is 16.6. The number of hydrogen-bond acceptors (Lipinski definition) is 9. The van der Waals surface area contributed by atoms with Crippen molar-refractivity contribution in [2.45, 2.75) is 61.5 Å². The van der Waals surface area contributed by atoms with Crippen LogP contribution in [-0.4, -0.2) is 63.7 Å². The Bertz CT molecular complexity index is 1530. The lowest BCUT2D eigenvalue weighted by Crippen LogP contribution is -2.52. The third-order valence-electron chi connectivity index (χ3n) is 7.42. The fraction of sp³-hybridized carbons (Fsp3) is 0.344. The average Bonchev–Trinajstić information content (AvgIpc) is 3.07. The summed E-state index contributed by atoms with van der Waals surface area (Å²) < 4.78 is 37.8. The van der Waals surface area contributed by atoms with Gasteiger partial charge in [0, 0.05) is 24.1 Å². The van der Waals surface area contributed by atoms with Gasteiger partial charge >= 0.3 is 12.1 Å². The van der Waals surface area contributed by atoms with Gasteiger partial charge in [0.15, 0.2) is 0 Å². The van der Waals surface area contributed by atoms with E-state index in [0.29, 0.717) is 19.3 Å². The van der Waals surface area contributed by atoms with E-state index in [-0.39, 0.29) is 23.0 Å². The van der Waals surface area contributed by atoms with Crippen molar-refractivity contribution in [2.75, 3.05) is 14.2 Å². The van der Waals surface area contributed by atoms with Gasteiger partial charge in [-0.2, -0.15) is 4.72 Å². The Morgan fingerprint density at radius 3 is 1.87 bits per heavy atom. The van der Waals surface area contributed by atoms with Gasteiger partial charge in [-0.3, -0.25) is 19.7 Å². The SMILES string of the molecule is CC[C@@H](CCC[C@H](NS(=O)(=O)c1ccc([N+](=O)[O-])cc1)C(=O)OC)NC(=O)[C@@H](NC(=O)OC)C(c1ccccc1)c1ccccc1. The molecule has 3 N–H and O–H groups in total. The molecule has 246 valence electrons. The van der Waals surface area contributed by atoms with Crippen molar-refractivity contribution >= 4 is 33.7 Å². The highest BCUT2D eigenvalue weighted by Crippen LogP contribution is 2.29. The van der Waals surface area contributed by atoms with Gasteiger partial charge < -0.3 is 20.1 Å². The van der Waals surface area contributed by atoms with Crippen LogP contribution in [0, 0.1) is 10.1 Å². The second-order valence-corrected chi connectivity index (χ2v) is 12.1. The van der Waals surface area contributed by atoms with E-state index in [1.165, 1.54) is 7.11 Å². The van der Waals surface area contributed by atoms with Crippen LogP contribution in [0.4, 0.5) is 10.5 Å².